The SMILES string of the molecule is CCNC(C)C(C(=O)O)C(O)(CC(=O)O)C(=O)O.CN1CCN(C(=O)O)CC1. The monoisotopic (exact) mass is 407 g/mol. The molecule has 0 aliphatic carbocycles. The van der Waals surface area contributed by atoms with Gasteiger partial charge >= 0.3 is 24.0 Å². The zero-order valence-corrected chi connectivity index (χ0v) is 16.2. The van der Waals surface area contributed by atoms with Crippen LogP contribution in [0.25, 0.3) is 0 Å². The van der Waals surface area contributed by atoms with Crippen molar-refractivity contribution >= 4 is 24.0 Å². The third-order valence-corrected chi connectivity index (χ3v) is 4.37. The molecule has 162 valence electrons. The largest absolute Gasteiger partial charge is 0.481 e. The first-order valence-corrected chi connectivity index (χ1v) is 8.66. The number of hydrogen-bond acceptors (Lipinski definition) is 7. The van der Waals surface area contributed by atoms with Crippen LogP contribution in [0.2, 0.25) is 0 Å². The van der Waals surface area contributed by atoms with Crippen molar-refractivity contribution in [3.8, 4) is 0 Å². The van der Waals surface area contributed by atoms with Crippen LogP contribution in [-0.4, -0.2) is 111 Å². The summed E-state index contributed by atoms with van der Waals surface area (Å²) in [6, 6.07) is -0.895. The molecule has 3 atom stereocenters. The number of carboxylic acid groups (broad SMARTS) is 4. The Balaban J connectivity index is 0.000000609. The van der Waals surface area contributed by atoms with E-state index in [1.807, 2.05) is 7.05 Å². The van der Waals surface area contributed by atoms with E-state index in [0.717, 1.165) is 13.1 Å². The predicted molar refractivity (Wildman–Crippen MR) is 96.2 cm³/mol. The van der Waals surface area contributed by atoms with Gasteiger partial charge in [-0.05, 0) is 20.5 Å². The van der Waals surface area contributed by atoms with Crippen molar-refractivity contribution in [2.45, 2.75) is 31.9 Å². The Kier molecular flexibility index (Phi) is 10.4. The first-order valence-electron chi connectivity index (χ1n) is 8.66. The first kappa shape index (κ1) is 25.6. The summed E-state index contributed by atoms with van der Waals surface area (Å²) in [4.78, 5) is 46.6. The number of likely N-dealkylation sites (N-methyl/N-ethyl adjacent to an activating group) is 1. The van der Waals surface area contributed by atoms with Gasteiger partial charge in [0.05, 0.1) is 6.42 Å². The van der Waals surface area contributed by atoms with Gasteiger partial charge in [0.25, 0.3) is 0 Å². The second kappa shape index (κ2) is 11.4. The molecule has 12 heteroatoms. The number of aliphatic carboxylic acids is 3. The number of hydrogen-bond donors (Lipinski definition) is 6. The summed E-state index contributed by atoms with van der Waals surface area (Å²) in [7, 11) is 2.00. The molecule has 28 heavy (non-hydrogen) atoms. The Morgan fingerprint density at radius 1 is 1.04 bits per heavy atom. The van der Waals surface area contributed by atoms with E-state index in [1.165, 1.54) is 11.8 Å². The molecule has 1 amide bonds. The highest BCUT2D eigenvalue weighted by Gasteiger charge is 2.52. The van der Waals surface area contributed by atoms with Gasteiger partial charge in [0, 0.05) is 32.2 Å². The maximum Gasteiger partial charge on any atom is 0.407 e. The van der Waals surface area contributed by atoms with Crippen molar-refractivity contribution < 1.29 is 44.7 Å². The number of aliphatic hydroxyl groups is 1. The Bertz CT molecular complexity index is 564. The molecule has 6 N–H and O–H groups in total. The van der Waals surface area contributed by atoms with Crippen LogP contribution in [0.1, 0.15) is 20.3 Å². The number of amides is 1. The van der Waals surface area contributed by atoms with Gasteiger partial charge in [-0.3, -0.25) is 9.59 Å². The van der Waals surface area contributed by atoms with Gasteiger partial charge < -0.3 is 40.6 Å². The average molecular weight is 407 g/mol. The molecule has 1 heterocycles. The van der Waals surface area contributed by atoms with Crippen molar-refractivity contribution in [1.82, 2.24) is 15.1 Å². The molecule has 0 aromatic heterocycles. The van der Waals surface area contributed by atoms with Gasteiger partial charge in [0.2, 0.25) is 0 Å². The standard InChI is InChI=1S/C10H17NO7.C6H12N2O2/c1-3-11-5(2)7(8(14)15)10(18,9(16)17)4-6(12)13;1-7-2-4-8(5-3-7)6(9)10/h5,7,11,18H,3-4H2,1-2H3,(H,12,13)(H,14,15)(H,16,17);2-5H2,1H3,(H,9,10). The molecule has 0 bridgehead atoms. The molecule has 0 aromatic carbocycles. The molecule has 0 aromatic rings. The summed E-state index contributed by atoms with van der Waals surface area (Å²) < 4.78 is 0. The predicted octanol–water partition coefficient (Wildman–Crippen LogP) is -1.11. The van der Waals surface area contributed by atoms with E-state index in [4.69, 9.17) is 20.4 Å². The molecule has 1 aliphatic rings. The molecule has 3 unspecified atom stereocenters. The van der Waals surface area contributed by atoms with Crippen molar-refractivity contribution in [2.75, 3.05) is 39.8 Å². The van der Waals surface area contributed by atoms with Crippen molar-refractivity contribution in [3.63, 3.8) is 0 Å². The summed E-state index contributed by atoms with van der Waals surface area (Å²) in [6.45, 7) is 6.40. The van der Waals surface area contributed by atoms with Gasteiger partial charge in [-0.25, -0.2) is 9.59 Å². The quantitative estimate of drug-likeness (QED) is 0.286. The number of nitrogens with one attached hydrogen (secondary N) is 1. The maximum absolute atomic E-state index is 11.1. The number of rotatable bonds is 8. The lowest BCUT2D eigenvalue weighted by Crippen LogP contribution is -2.57. The summed E-state index contributed by atoms with van der Waals surface area (Å²) in [5.74, 6) is -6.81. The number of nitrogens with zero attached hydrogens (tertiary/aromatic N) is 2. The highest BCUT2D eigenvalue weighted by molar-refractivity contribution is 5.90. The number of carbonyl (C=O) groups is 4. The minimum Gasteiger partial charge on any atom is -0.481 e. The van der Waals surface area contributed by atoms with Gasteiger partial charge in [-0.15, -0.1) is 0 Å². The fourth-order valence-corrected chi connectivity index (χ4v) is 2.82. The molecular weight excluding hydrogens is 378 g/mol. The first-order chi connectivity index (χ1) is 12.9. The third kappa shape index (κ3) is 7.66. The lowest BCUT2D eigenvalue weighted by molar-refractivity contribution is -0.180. The Morgan fingerprint density at radius 3 is 1.86 bits per heavy atom. The molecular formula is C16H29N3O9. The van der Waals surface area contributed by atoms with Crippen molar-refractivity contribution in [2.24, 2.45) is 5.92 Å². The normalized spacial score (nSPS) is 18.8. The summed E-state index contributed by atoms with van der Waals surface area (Å²) >= 11 is 0. The van der Waals surface area contributed by atoms with E-state index in [9.17, 15) is 24.3 Å². The minimum atomic E-state index is -2.86. The van der Waals surface area contributed by atoms with Crippen LogP contribution in [0.15, 0.2) is 0 Å². The van der Waals surface area contributed by atoms with Crippen LogP contribution in [0, 0.1) is 5.92 Å². The Morgan fingerprint density at radius 2 is 1.54 bits per heavy atom. The lowest BCUT2D eigenvalue weighted by Gasteiger charge is -2.32. The van der Waals surface area contributed by atoms with Gasteiger partial charge in [0.15, 0.2) is 5.60 Å². The van der Waals surface area contributed by atoms with Crippen LogP contribution in [-0.2, 0) is 14.4 Å². The van der Waals surface area contributed by atoms with E-state index in [-0.39, 0.29) is 0 Å². The smallest absolute Gasteiger partial charge is 0.407 e. The Labute approximate surface area is 162 Å². The van der Waals surface area contributed by atoms with E-state index < -0.39 is 48.0 Å². The van der Waals surface area contributed by atoms with Gasteiger partial charge in [-0.2, -0.15) is 0 Å². The van der Waals surface area contributed by atoms with Gasteiger partial charge in [-0.1, -0.05) is 6.92 Å². The second-order valence-electron chi connectivity index (χ2n) is 6.54. The van der Waals surface area contributed by atoms with Crippen LogP contribution in [0.4, 0.5) is 4.79 Å². The van der Waals surface area contributed by atoms with Crippen LogP contribution in [0.5, 0.6) is 0 Å². The molecule has 0 saturated carbocycles. The zero-order valence-electron chi connectivity index (χ0n) is 16.2. The van der Waals surface area contributed by atoms with Gasteiger partial charge in [0.1, 0.15) is 5.92 Å². The molecule has 0 radical (unpaired) electrons. The molecule has 12 nitrogen and oxygen atoms in total. The zero-order chi connectivity index (χ0) is 22.1. The average Bonchev–Trinajstić information content (AvgIpc) is 2.54. The Hall–Kier alpha value is -2.44. The highest BCUT2D eigenvalue weighted by Crippen LogP contribution is 2.26. The van der Waals surface area contributed by atoms with Crippen molar-refractivity contribution in [3.05, 3.63) is 0 Å². The minimum absolute atomic E-state index is 0.355. The number of piperazine rings is 1. The van der Waals surface area contributed by atoms with Crippen LogP contribution >= 0.6 is 0 Å². The lowest BCUT2D eigenvalue weighted by atomic mass is 9.80. The fourth-order valence-electron chi connectivity index (χ4n) is 2.82. The van der Waals surface area contributed by atoms with E-state index >= 15 is 0 Å². The molecule has 1 rings (SSSR count). The number of carboxylic acids is 3. The summed E-state index contributed by atoms with van der Waals surface area (Å²) in [5.41, 5.74) is -2.86. The third-order valence-electron chi connectivity index (χ3n) is 4.37. The molecule has 1 aliphatic heterocycles. The second-order valence-corrected chi connectivity index (χ2v) is 6.54. The molecule has 0 spiro atoms. The topological polar surface area (TPSA) is 188 Å². The summed E-state index contributed by atoms with van der Waals surface area (Å²) in [5, 5.41) is 47.6. The van der Waals surface area contributed by atoms with Crippen molar-refractivity contribution in [1.29, 1.82) is 0 Å². The highest BCUT2D eigenvalue weighted by atomic mass is 16.4. The van der Waals surface area contributed by atoms with E-state index in [1.54, 1.807) is 6.92 Å². The summed E-state index contributed by atoms with van der Waals surface area (Å²) in [6.07, 6.45) is -1.98. The fraction of sp³-hybridized carbons (Fsp3) is 0.750. The van der Waals surface area contributed by atoms with Crippen LogP contribution < -0.4 is 5.32 Å². The maximum atomic E-state index is 11.1. The van der Waals surface area contributed by atoms with E-state index in [2.05, 4.69) is 10.2 Å². The van der Waals surface area contributed by atoms with Crippen LogP contribution in [0.3, 0.4) is 0 Å². The molecule has 1 saturated heterocycles. The molecule has 1 fully saturated rings. The van der Waals surface area contributed by atoms with E-state index in [0.29, 0.717) is 19.6 Å².